The number of amides is 3. The number of thiophene rings is 1. The number of hydrogen-bond acceptors (Lipinski definition) is 5. The first-order valence-corrected chi connectivity index (χ1v) is 10.6. The van der Waals surface area contributed by atoms with Crippen LogP contribution in [0.4, 0.5) is 11.4 Å². The largest absolute Gasteiger partial charge is 0.459 e. The van der Waals surface area contributed by atoms with E-state index in [1.54, 1.807) is 47.4 Å². The van der Waals surface area contributed by atoms with Crippen LogP contribution in [0.5, 0.6) is 0 Å². The summed E-state index contributed by atoms with van der Waals surface area (Å²) in [5, 5.41) is 7.52. The molecule has 0 radical (unpaired) electrons. The van der Waals surface area contributed by atoms with Crippen LogP contribution in [0.2, 0.25) is 0 Å². The van der Waals surface area contributed by atoms with E-state index >= 15 is 0 Å². The second-order valence-electron chi connectivity index (χ2n) is 7.07. The maximum atomic E-state index is 12.8. The topological polar surface area (TPSA) is 91.7 Å². The molecule has 0 saturated carbocycles. The van der Waals surface area contributed by atoms with Crippen LogP contribution >= 0.6 is 11.3 Å². The second-order valence-corrected chi connectivity index (χ2v) is 8.02. The van der Waals surface area contributed by atoms with Gasteiger partial charge in [-0.25, -0.2) is 0 Å². The molecule has 2 N–H and O–H groups in total. The van der Waals surface area contributed by atoms with E-state index in [4.69, 9.17) is 4.42 Å². The number of carbonyl (C=O) groups is 3. The molecule has 1 unspecified atom stereocenters. The Hall–Kier alpha value is -3.39. The average molecular weight is 423 g/mol. The number of likely N-dealkylation sites (tertiary alicyclic amines) is 1. The SMILES string of the molecule is O=C(Nc1cccc(NC(=O)C2CCCN(C(=O)c3cccs3)C2)c1)c1ccco1. The minimum Gasteiger partial charge on any atom is -0.459 e. The molecule has 0 aliphatic carbocycles. The van der Waals surface area contributed by atoms with Gasteiger partial charge in [0, 0.05) is 24.5 Å². The molecule has 7 nitrogen and oxygen atoms in total. The fraction of sp³-hybridized carbons (Fsp3) is 0.227. The zero-order valence-corrected chi connectivity index (χ0v) is 17.0. The number of nitrogens with one attached hydrogen (secondary N) is 2. The molecule has 3 heterocycles. The van der Waals surface area contributed by atoms with Crippen molar-refractivity contribution in [3.8, 4) is 0 Å². The van der Waals surface area contributed by atoms with Gasteiger partial charge in [-0.1, -0.05) is 12.1 Å². The summed E-state index contributed by atoms with van der Waals surface area (Å²) in [6.45, 7) is 1.06. The van der Waals surface area contributed by atoms with Crippen molar-refractivity contribution in [1.29, 1.82) is 0 Å². The van der Waals surface area contributed by atoms with Crippen molar-refractivity contribution in [2.75, 3.05) is 23.7 Å². The number of benzene rings is 1. The minimum atomic E-state index is -0.363. The first-order chi connectivity index (χ1) is 14.6. The highest BCUT2D eigenvalue weighted by molar-refractivity contribution is 7.12. The van der Waals surface area contributed by atoms with Crippen LogP contribution < -0.4 is 10.6 Å². The number of anilines is 2. The minimum absolute atomic E-state index is 0.0230. The third-order valence-electron chi connectivity index (χ3n) is 4.94. The standard InChI is InChI=1S/C22H21N3O4S/c26-20(15-5-2-10-25(14-15)22(28)19-9-4-12-30-19)23-16-6-1-7-17(13-16)24-21(27)18-8-3-11-29-18/h1,3-4,6-9,11-13,15H,2,5,10,14H2,(H,23,26)(H,24,27). The van der Waals surface area contributed by atoms with Gasteiger partial charge in [0.1, 0.15) is 0 Å². The summed E-state index contributed by atoms with van der Waals surface area (Å²) >= 11 is 1.41. The van der Waals surface area contributed by atoms with Crippen LogP contribution in [0.25, 0.3) is 0 Å². The summed E-state index contributed by atoms with van der Waals surface area (Å²) < 4.78 is 5.08. The van der Waals surface area contributed by atoms with Crippen LogP contribution in [0.3, 0.4) is 0 Å². The van der Waals surface area contributed by atoms with Gasteiger partial charge in [0.2, 0.25) is 5.91 Å². The maximum Gasteiger partial charge on any atom is 0.291 e. The van der Waals surface area contributed by atoms with Crippen molar-refractivity contribution in [2.24, 2.45) is 5.92 Å². The number of carbonyl (C=O) groups excluding carboxylic acids is 3. The quantitative estimate of drug-likeness (QED) is 0.647. The maximum absolute atomic E-state index is 12.8. The van der Waals surface area contributed by atoms with Crippen LogP contribution in [-0.4, -0.2) is 35.7 Å². The highest BCUT2D eigenvalue weighted by Gasteiger charge is 2.29. The molecule has 2 aromatic heterocycles. The van der Waals surface area contributed by atoms with Gasteiger partial charge in [-0.05, 0) is 54.6 Å². The van der Waals surface area contributed by atoms with Crippen molar-refractivity contribution >= 4 is 40.4 Å². The lowest BCUT2D eigenvalue weighted by molar-refractivity contribution is -0.121. The first-order valence-electron chi connectivity index (χ1n) is 9.69. The molecule has 1 aliphatic rings. The molecule has 1 atom stereocenters. The van der Waals surface area contributed by atoms with E-state index in [9.17, 15) is 14.4 Å². The Morgan fingerprint density at radius 2 is 1.87 bits per heavy atom. The summed E-state index contributed by atoms with van der Waals surface area (Å²) in [6, 6.07) is 13.8. The van der Waals surface area contributed by atoms with Gasteiger partial charge >= 0.3 is 0 Å². The Labute approximate surface area is 177 Å². The Morgan fingerprint density at radius 1 is 1.03 bits per heavy atom. The summed E-state index contributed by atoms with van der Waals surface area (Å²) in [4.78, 5) is 39.9. The second kappa shape index (κ2) is 8.96. The van der Waals surface area contributed by atoms with Crippen molar-refractivity contribution in [3.63, 3.8) is 0 Å². The molecular weight excluding hydrogens is 402 g/mol. The van der Waals surface area contributed by atoms with Crippen molar-refractivity contribution in [1.82, 2.24) is 4.90 Å². The predicted molar refractivity (Wildman–Crippen MR) is 115 cm³/mol. The average Bonchev–Trinajstić information content (AvgIpc) is 3.48. The predicted octanol–water partition coefficient (Wildman–Crippen LogP) is 4.08. The highest BCUT2D eigenvalue weighted by atomic mass is 32.1. The third-order valence-corrected chi connectivity index (χ3v) is 5.80. The fourth-order valence-corrected chi connectivity index (χ4v) is 4.14. The molecule has 1 fully saturated rings. The summed E-state index contributed by atoms with van der Waals surface area (Å²) in [5.74, 6) is -0.581. The number of rotatable bonds is 5. The molecule has 4 rings (SSSR count). The molecule has 3 aromatic rings. The molecule has 0 spiro atoms. The van der Waals surface area contributed by atoms with E-state index in [0.29, 0.717) is 29.3 Å². The number of hydrogen-bond donors (Lipinski definition) is 2. The number of piperidine rings is 1. The molecular formula is C22H21N3O4S. The summed E-state index contributed by atoms with van der Waals surface area (Å²) in [5.41, 5.74) is 1.13. The smallest absolute Gasteiger partial charge is 0.291 e. The summed E-state index contributed by atoms with van der Waals surface area (Å²) in [6.07, 6.45) is 2.95. The Balaban J connectivity index is 1.37. The Kier molecular flexibility index (Phi) is 5.94. The Morgan fingerprint density at radius 3 is 2.60 bits per heavy atom. The first kappa shape index (κ1) is 19.9. The van der Waals surface area contributed by atoms with Crippen molar-refractivity contribution < 1.29 is 18.8 Å². The highest BCUT2D eigenvalue weighted by Crippen LogP contribution is 2.23. The van der Waals surface area contributed by atoms with Gasteiger partial charge in [-0.2, -0.15) is 0 Å². The zero-order chi connectivity index (χ0) is 20.9. The molecule has 3 amide bonds. The Bertz CT molecular complexity index is 1030. The molecule has 1 saturated heterocycles. The van der Waals surface area contributed by atoms with E-state index < -0.39 is 0 Å². The lowest BCUT2D eigenvalue weighted by Crippen LogP contribution is -2.43. The van der Waals surface area contributed by atoms with Gasteiger partial charge in [-0.3, -0.25) is 14.4 Å². The van der Waals surface area contributed by atoms with Gasteiger partial charge in [0.05, 0.1) is 17.1 Å². The van der Waals surface area contributed by atoms with Crippen LogP contribution in [0.15, 0.2) is 64.6 Å². The molecule has 1 aliphatic heterocycles. The monoisotopic (exact) mass is 423 g/mol. The summed E-state index contributed by atoms with van der Waals surface area (Å²) in [7, 11) is 0. The lowest BCUT2D eigenvalue weighted by atomic mass is 9.97. The lowest BCUT2D eigenvalue weighted by Gasteiger charge is -2.31. The van der Waals surface area contributed by atoms with E-state index in [0.717, 1.165) is 12.8 Å². The van der Waals surface area contributed by atoms with Crippen LogP contribution in [0.1, 0.15) is 33.1 Å². The zero-order valence-electron chi connectivity index (χ0n) is 16.2. The van der Waals surface area contributed by atoms with Crippen LogP contribution in [-0.2, 0) is 4.79 Å². The van der Waals surface area contributed by atoms with E-state index in [1.165, 1.54) is 17.6 Å². The van der Waals surface area contributed by atoms with Gasteiger partial charge in [0.15, 0.2) is 5.76 Å². The fourth-order valence-electron chi connectivity index (χ4n) is 3.45. The molecule has 1 aromatic carbocycles. The molecule has 8 heteroatoms. The number of furan rings is 1. The normalized spacial score (nSPS) is 16.1. The van der Waals surface area contributed by atoms with E-state index in [2.05, 4.69) is 10.6 Å². The van der Waals surface area contributed by atoms with Crippen molar-refractivity contribution in [3.05, 3.63) is 70.8 Å². The molecule has 30 heavy (non-hydrogen) atoms. The number of nitrogens with zero attached hydrogens (tertiary/aromatic N) is 1. The van der Waals surface area contributed by atoms with E-state index in [-0.39, 0.29) is 29.4 Å². The van der Waals surface area contributed by atoms with Crippen LogP contribution in [0, 0.1) is 5.92 Å². The van der Waals surface area contributed by atoms with Gasteiger partial charge in [-0.15, -0.1) is 11.3 Å². The van der Waals surface area contributed by atoms with E-state index in [1.807, 2.05) is 11.4 Å². The third kappa shape index (κ3) is 4.60. The van der Waals surface area contributed by atoms with Crippen molar-refractivity contribution in [2.45, 2.75) is 12.8 Å². The molecule has 154 valence electrons. The van der Waals surface area contributed by atoms with Gasteiger partial charge < -0.3 is 20.0 Å². The molecule has 0 bridgehead atoms. The van der Waals surface area contributed by atoms with Gasteiger partial charge in [0.25, 0.3) is 11.8 Å².